The molecule has 19 heavy (non-hydrogen) atoms. The molecule has 0 spiro atoms. The smallest absolute Gasteiger partial charge is 0.335 e. The average molecular weight is 264 g/mol. The Kier molecular flexibility index (Phi) is 7.19. The predicted octanol–water partition coefficient (Wildman–Crippen LogP) is 3.77. The summed E-state index contributed by atoms with van der Waals surface area (Å²) in [6, 6.07) is 7.11. The lowest BCUT2D eigenvalue weighted by Gasteiger charge is -2.09. The molecule has 0 bridgehead atoms. The van der Waals surface area contributed by atoms with Crippen LogP contribution in [0.2, 0.25) is 0 Å². The van der Waals surface area contributed by atoms with E-state index in [0.29, 0.717) is 11.5 Å². The first kappa shape index (κ1) is 15.7. The lowest BCUT2D eigenvalue weighted by Crippen LogP contribution is -2.05. The van der Waals surface area contributed by atoms with Crippen LogP contribution in [-0.2, 0) is 11.2 Å². The topological polar surface area (TPSA) is 46.5 Å². The van der Waals surface area contributed by atoms with Gasteiger partial charge in [0.2, 0.25) is 0 Å². The van der Waals surface area contributed by atoms with Crippen molar-refractivity contribution in [3.05, 3.63) is 35.4 Å². The number of carboxylic acid groups (broad SMARTS) is 1. The van der Waals surface area contributed by atoms with Crippen molar-refractivity contribution < 1.29 is 14.6 Å². The van der Waals surface area contributed by atoms with Crippen LogP contribution in [0.4, 0.5) is 0 Å². The van der Waals surface area contributed by atoms with Crippen LogP contribution in [-0.4, -0.2) is 24.3 Å². The number of aryl methyl sites for hydroxylation is 1. The van der Waals surface area contributed by atoms with E-state index in [4.69, 9.17) is 9.84 Å². The second kappa shape index (κ2) is 8.70. The third kappa shape index (κ3) is 6.39. The first-order valence-corrected chi connectivity index (χ1v) is 7.03. The summed E-state index contributed by atoms with van der Waals surface area (Å²) in [5.74, 6) is -0.228. The molecule has 3 heteroatoms. The van der Waals surface area contributed by atoms with Gasteiger partial charge in [-0.05, 0) is 42.9 Å². The van der Waals surface area contributed by atoms with Crippen LogP contribution in [0.1, 0.15) is 49.0 Å². The minimum absolute atomic E-state index is 0.348. The summed E-state index contributed by atoms with van der Waals surface area (Å²) < 4.78 is 5.60. The Hall–Kier alpha value is -1.35. The Morgan fingerprint density at radius 2 is 1.95 bits per heavy atom. The predicted molar refractivity (Wildman–Crippen MR) is 76.6 cm³/mol. The maximum Gasteiger partial charge on any atom is 0.335 e. The van der Waals surface area contributed by atoms with Gasteiger partial charge in [0.1, 0.15) is 0 Å². The van der Waals surface area contributed by atoms with Gasteiger partial charge >= 0.3 is 5.97 Å². The van der Waals surface area contributed by atoms with Gasteiger partial charge in [-0.15, -0.1) is 0 Å². The van der Waals surface area contributed by atoms with E-state index in [1.54, 1.807) is 12.1 Å². The molecule has 0 aliphatic rings. The van der Waals surface area contributed by atoms with E-state index in [0.717, 1.165) is 38.9 Å². The van der Waals surface area contributed by atoms with E-state index in [2.05, 4.69) is 13.8 Å². The number of hydrogen-bond donors (Lipinski definition) is 1. The van der Waals surface area contributed by atoms with Gasteiger partial charge in [-0.25, -0.2) is 4.79 Å². The highest BCUT2D eigenvalue weighted by Gasteiger charge is 2.02. The lowest BCUT2D eigenvalue weighted by molar-refractivity contribution is 0.0697. The number of carbonyl (C=O) groups is 1. The molecule has 3 nitrogen and oxygen atoms in total. The molecule has 1 aromatic rings. The highest BCUT2D eigenvalue weighted by atomic mass is 16.5. The monoisotopic (exact) mass is 264 g/mol. The van der Waals surface area contributed by atoms with E-state index in [1.807, 2.05) is 12.1 Å². The molecule has 0 saturated heterocycles. The minimum Gasteiger partial charge on any atom is -0.478 e. The summed E-state index contributed by atoms with van der Waals surface area (Å²) in [6.45, 7) is 6.04. The van der Waals surface area contributed by atoms with Crippen LogP contribution >= 0.6 is 0 Å². The number of ether oxygens (including phenoxy) is 1. The molecule has 1 rings (SSSR count). The molecule has 0 aromatic heterocycles. The standard InChI is InChI=1S/C16H24O3/c1-3-13(2)12-19-11-5-4-6-14-7-9-15(10-8-14)16(17)18/h7-10,13H,3-6,11-12H2,1-2H3,(H,17,18)/t13-/m0/s1. The number of aromatic carboxylic acids is 1. The van der Waals surface area contributed by atoms with E-state index in [1.165, 1.54) is 5.56 Å². The molecule has 0 aliphatic carbocycles. The van der Waals surface area contributed by atoms with Crippen molar-refractivity contribution in [2.24, 2.45) is 5.92 Å². The molecule has 1 N–H and O–H groups in total. The van der Waals surface area contributed by atoms with Crippen molar-refractivity contribution in [3.63, 3.8) is 0 Å². The number of hydrogen-bond acceptors (Lipinski definition) is 2. The van der Waals surface area contributed by atoms with Crippen LogP contribution in [0, 0.1) is 5.92 Å². The normalized spacial score (nSPS) is 12.3. The van der Waals surface area contributed by atoms with Crippen LogP contribution in [0.3, 0.4) is 0 Å². The van der Waals surface area contributed by atoms with Gasteiger partial charge in [0, 0.05) is 13.2 Å². The van der Waals surface area contributed by atoms with E-state index < -0.39 is 5.97 Å². The van der Waals surface area contributed by atoms with Crippen molar-refractivity contribution >= 4 is 5.97 Å². The van der Waals surface area contributed by atoms with Crippen molar-refractivity contribution in [1.29, 1.82) is 0 Å². The van der Waals surface area contributed by atoms with Gasteiger partial charge in [0.15, 0.2) is 0 Å². The van der Waals surface area contributed by atoms with Gasteiger partial charge in [-0.3, -0.25) is 0 Å². The first-order chi connectivity index (χ1) is 9.13. The molecule has 0 saturated carbocycles. The summed E-state index contributed by atoms with van der Waals surface area (Å²) in [4.78, 5) is 10.7. The molecule has 0 radical (unpaired) electrons. The minimum atomic E-state index is -0.870. The summed E-state index contributed by atoms with van der Waals surface area (Å²) in [6.07, 6.45) is 4.27. The van der Waals surface area contributed by atoms with Gasteiger partial charge in [0.05, 0.1) is 5.56 Å². The lowest BCUT2D eigenvalue weighted by atomic mass is 10.1. The number of carboxylic acids is 1. The number of rotatable bonds is 9. The summed E-state index contributed by atoms with van der Waals surface area (Å²) >= 11 is 0. The Bertz CT molecular complexity index is 370. The maximum atomic E-state index is 10.7. The van der Waals surface area contributed by atoms with Gasteiger partial charge in [0.25, 0.3) is 0 Å². The van der Waals surface area contributed by atoms with Crippen LogP contribution in [0.25, 0.3) is 0 Å². The quantitative estimate of drug-likeness (QED) is 0.691. The molecule has 0 aliphatic heterocycles. The average Bonchev–Trinajstić information content (AvgIpc) is 2.42. The first-order valence-electron chi connectivity index (χ1n) is 7.03. The third-order valence-electron chi connectivity index (χ3n) is 3.30. The molecule has 106 valence electrons. The third-order valence-corrected chi connectivity index (χ3v) is 3.30. The highest BCUT2D eigenvalue weighted by molar-refractivity contribution is 5.87. The fourth-order valence-electron chi connectivity index (χ4n) is 1.75. The van der Waals surface area contributed by atoms with Crippen molar-refractivity contribution in [2.45, 2.75) is 39.5 Å². The van der Waals surface area contributed by atoms with Crippen molar-refractivity contribution in [2.75, 3.05) is 13.2 Å². The van der Waals surface area contributed by atoms with Gasteiger partial charge in [-0.2, -0.15) is 0 Å². The molecule has 0 unspecified atom stereocenters. The second-order valence-electron chi connectivity index (χ2n) is 5.05. The Morgan fingerprint density at radius 3 is 2.53 bits per heavy atom. The van der Waals surface area contributed by atoms with Gasteiger partial charge in [-0.1, -0.05) is 32.4 Å². The molecule has 1 aromatic carbocycles. The zero-order valence-electron chi connectivity index (χ0n) is 11.9. The molecular formula is C16H24O3. The van der Waals surface area contributed by atoms with E-state index >= 15 is 0 Å². The van der Waals surface area contributed by atoms with Crippen LogP contribution in [0.15, 0.2) is 24.3 Å². The Labute approximate surface area is 115 Å². The maximum absolute atomic E-state index is 10.7. The zero-order valence-corrected chi connectivity index (χ0v) is 11.9. The molecular weight excluding hydrogens is 240 g/mol. The SMILES string of the molecule is CC[C@H](C)COCCCCc1ccc(C(=O)O)cc1. The highest BCUT2D eigenvalue weighted by Crippen LogP contribution is 2.08. The van der Waals surface area contributed by atoms with E-state index in [-0.39, 0.29) is 0 Å². The summed E-state index contributed by atoms with van der Waals surface area (Å²) in [7, 11) is 0. The summed E-state index contributed by atoms with van der Waals surface area (Å²) in [5, 5.41) is 8.80. The Balaban J connectivity index is 2.14. The molecule has 0 fully saturated rings. The van der Waals surface area contributed by atoms with Crippen LogP contribution < -0.4 is 0 Å². The molecule has 0 heterocycles. The molecule has 1 atom stereocenters. The Morgan fingerprint density at radius 1 is 1.26 bits per heavy atom. The largest absolute Gasteiger partial charge is 0.478 e. The summed E-state index contributed by atoms with van der Waals surface area (Å²) in [5.41, 5.74) is 1.53. The zero-order chi connectivity index (χ0) is 14.1. The van der Waals surface area contributed by atoms with Gasteiger partial charge < -0.3 is 9.84 Å². The van der Waals surface area contributed by atoms with Crippen LogP contribution in [0.5, 0.6) is 0 Å². The van der Waals surface area contributed by atoms with E-state index in [9.17, 15) is 4.79 Å². The fourth-order valence-corrected chi connectivity index (χ4v) is 1.75. The molecule has 0 amide bonds. The van der Waals surface area contributed by atoms with Crippen molar-refractivity contribution in [1.82, 2.24) is 0 Å². The second-order valence-corrected chi connectivity index (χ2v) is 5.05. The number of unbranched alkanes of at least 4 members (excludes halogenated alkanes) is 1. The number of benzene rings is 1. The fraction of sp³-hybridized carbons (Fsp3) is 0.562. The van der Waals surface area contributed by atoms with Crippen molar-refractivity contribution in [3.8, 4) is 0 Å².